The van der Waals surface area contributed by atoms with Crippen LogP contribution < -0.4 is 5.32 Å². The Morgan fingerprint density at radius 3 is 2.32 bits per heavy atom. The fourth-order valence-corrected chi connectivity index (χ4v) is 2.21. The molecular formula is C16H17ClFN. The number of hydrogen-bond acceptors (Lipinski definition) is 1. The zero-order valence-electron chi connectivity index (χ0n) is 10.9. The van der Waals surface area contributed by atoms with Crippen molar-refractivity contribution in [2.24, 2.45) is 0 Å². The second kappa shape index (κ2) is 6.18. The molecule has 100 valence electrons. The second-order valence-corrected chi connectivity index (χ2v) is 5.04. The Morgan fingerprint density at radius 2 is 1.68 bits per heavy atom. The molecule has 0 bridgehead atoms. The van der Waals surface area contributed by atoms with E-state index in [4.69, 9.17) is 11.6 Å². The van der Waals surface area contributed by atoms with E-state index >= 15 is 0 Å². The van der Waals surface area contributed by atoms with Crippen LogP contribution in [0.15, 0.2) is 54.6 Å². The molecule has 3 heteroatoms. The van der Waals surface area contributed by atoms with Crippen LogP contribution in [0.2, 0.25) is 0 Å². The molecule has 1 atom stereocenters. The smallest absolute Gasteiger partial charge is 0.127 e. The van der Waals surface area contributed by atoms with E-state index in [-0.39, 0.29) is 11.4 Å². The number of halogens is 2. The van der Waals surface area contributed by atoms with Gasteiger partial charge in [-0.2, -0.15) is 0 Å². The maximum absolute atomic E-state index is 13.6. The van der Waals surface area contributed by atoms with Gasteiger partial charge in [0.25, 0.3) is 0 Å². The lowest BCUT2D eigenvalue weighted by atomic mass is 9.94. The van der Waals surface area contributed by atoms with Crippen LogP contribution in [0.3, 0.4) is 0 Å². The number of benzene rings is 2. The molecule has 1 nitrogen and oxygen atoms in total. The molecule has 0 aliphatic rings. The van der Waals surface area contributed by atoms with Crippen molar-refractivity contribution in [3.05, 3.63) is 71.5 Å². The van der Waals surface area contributed by atoms with Gasteiger partial charge >= 0.3 is 0 Å². The predicted molar refractivity (Wildman–Crippen MR) is 77.8 cm³/mol. The summed E-state index contributed by atoms with van der Waals surface area (Å²) in [5.41, 5.74) is 1.38. The van der Waals surface area contributed by atoms with Crippen LogP contribution in [0, 0.1) is 5.82 Å². The van der Waals surface area contributed by atoms with Crippen LogP contribution in [0.25, 0.3) is 0 Å². The third-order valence-corrected chi connectivity index (χ3v) is 3.84. The highest BCUT2D eigenvalue weighted by atomic mass is 35.5. The van der Waals surface area contributed by atoms with Gasteiger partial charge in [-0.15, -0.1) is 11.6 Å². The molecule has 0 spiro atoms. The van der Waals surface area contributed by atoms with E-state index in [9.17, 15) is 4.39 Å². The summed E-state index contributed by atoms with van der Waals surface area (Å²) in [5, 5.41) is 3.35. The molecule has 1 N–H and O–H groups in total. The molecule has 0 heterocycles. The summed E-state index contributed by atoms with van der Waals surface area (Å²) in [6.07, 6.45) is 0. The molecule has 2 aromatic rings. The third-order valence-electron chi connectivity index (χ3n) is 3.31. The van der Waals surface area contributed by atoms with Gasteiger partial charge in [-0.3, -0.25) is 0 Å². The van der Waals surface area contributed by atoms with Crippen molar-refractivity contribution < 1.29 is 4.39 Å². The van der Waals surface area contributed by atoms with Gasteiger partial charge in [-0.1, -0.05) is 48.5 Å². The van der Waals surface area contributed by atoms with E-state index in [1.54, 1.807) is 12.1 Å². The average Bonchev–Trinajstić information content (AvgIpc) is 2.47. The van der Waals surface area contributed by atoms with Gasteiger partial charge < -0.3 is 5.32 Å². The van der Waals surface area contributed by atoms with Crippen molar-refractivity contribution >= 4 is 11.6 Å². The standard InChI is InChI=1S/C16H17ClFN/c1-16(12-17,14-8-3-2-4-9-14)19-11-13-7-5-6-10-15(13)18/h2-10,19H,11-12H2,1H3. The van der Waals surface area contributed by atoms with Crippen molar-refractivity contribution in [3.8, 4) is 0 Å². The number of hydrogen-bond donors (Lipinski definition) is 1. The summed E-state index contributed by atoms with van der Waals surface area (Å²) in [6, 6.07) is 16.7. The largest absolute Gasteiger partial charge is 0.302 e. The summed E-state index contributed by atoms with van der Waals surface area (Å²) in [4.78, 5) is 0. The van der Waals surface area contributed by atoms with Gasteiger partial charge in [0.15, 0.2) is 0 Å². The maximum atomic E-state index is 13.6. The first-order chi connectivity index (χ1) is 9.15. The molecule has 0 aliphatic heterocycles. The summed E-state index contributed by atoms with van der Waals surface area (Å²) in [6.45, 7) is 2.47. The minimum Gasteiger partial charge on any atom is -0.302 e. The van der Waals surface area contributed by atoms with Crippen molar-refractivity contribution in [2.75, 3.05) is 5.88 Å². The van der Waals surface area contributed by atoms with Crippen LogP contribution in [0.5, 0.6) is 0 Å². The lowest BCUT2D eigenvalue weighted by molar-refractivity contribution is 0.402. The topological polar surface area (TPSA) is 12.0 Å². The molecule has 2 aromatic carbocycles. The number of rotatable bonds is 5. The van der Waals surface area contributed by atoms with E-state index in [2.05, 4.69) is 5.32 Å². The zero-order valence-corrected chi connectivity index (χ0v) is 11.6. The monoisotopic (exact) mass is 277 g/mol. The summed E-state index contributed by atoms with van der Waals surface area (Å²) in [7, 11) is 0. The van der Waals surface area contributed by atoms with E-state index in [1.807, 2.05) is 43.3 Å². The van der Waals surface area contributed by atoms with Gasteiger partial charge in [-0.05, 0) is 18.6 Å². The Balaban J connectivity index is 2.14. The SMILES string of the molecule is CC(CCl)(NCc1ccccc1F)c1ccccc1. The first kappa shape index (κ1) is 14.0. The predicted octanol–water partition coefficient (Wildman–Crippen LogP) is 4.07. The zero-order chi connectivity index (χ0) is 13.7. The molecular weight excluding hydrogens is 261 g/mol. The van der Waals surface area contributed by atoms with Crippen molar-refractivity contribution in [1.29, 1.82) is 0 Å². The van der Waals surface area contributed by atoms with Gasteiger partial charge in [-0.25, -0.2) is 4.39 Å². The lowest BCUT2D eigenvalue weighted by Gasteiger charge is -2.29. The fraction of sp³-hybridized carbons (Fsp3) is 0.250. The Bertz CT molecular complexity index is 529. The minimum atomic E-state index is -0.370. The summed E-state index contributed by atoms with van der Waals surface area (Å²) >= 11 is 6.09. The highest BCUT2D eigenvalue weighted by Crippen LogP contribution is 2.23. The normalized spacial score (nSPS) is 14.1. The van der Waals surface area contributed by atoms with Crippen LogP contribution in [-0.2, 0) is 12.1 Å². The van der Waals surface area contributed by atoms with Crippen molar-refractivity contribution in [3.63, 3.8) is 0 Å². The first-order valence-electron chi connectivity index (χ1n) is 6.25. The van der Waals surface area contributed by atoms with E-state index in [1.165, 1.54) is 6.07 Å². The number of nitrogens with one attached hydrogen (secondary N) is 1. The molecule has 19 heavy (non-hydrogen) atoms. The first-order valence-corrected chi connectivity index (χ1v) is 6.79. The Morgan fingerprint density at radius 1 is 1.05 bits per heavy atom. The molecule has 1 unspecified atom stereocenters. The molecule has 0 fully saturated rings. The van der Waals surface area contributed by atoms with Crippen LogP contribution >= 0.6 is 11.6 Å². The molecule has 0 saturated heterocycles. The van der Waals surface area contributed by atoms with Gasteiger partial charge in [0.2, 0.25) is 0 Å². The highest BCUT2D eigenvalue weighted by Gasteiger charge is 2.24. The van der Waals surface area contributed by atoms with Crippen LogP contribution in [0.4, 0.5) is 4.39 Å². The Kier molecular flexibility index (Phi) is 4.56. The lowest BCUT2D eigenvalue weighted by Crippen LogP contribution is -2.41. The Hall–Kier alpha value is -1.38. The fourth-order valence-electron chi connectivity index (χ4n) is 1.96. The quantitative estimate of drug-likeness (QED) is 0.813. The van der Waals surface area contributed by atoms with Crippen molar-refractivity contribution in [2.45, 2.75) is 19.0 Å². The second-order valence-electron chi connectivity index (χ2n) is 4.78. The molecule has 0 saturated carbocycles. The molecule has 0 aliphatic carbocycles. The molecule has 2 rings (SSSR count). The van der Waals surface area contributed by atoms with E-state index in [0.717, 1.165) is 5.56 Å². The Labute approximate surface area is 118 Å². The van der Waals surface area contributed by atoms with E-state index in [0.29, 0.717) is 18.0 Å². The van der Waals surface area contributed by atoms with Gasteiger partial charge in [0.05, 0.1) is 5.54 Å². The summed E-state index contributed by atoms with van der Waals surface area (Å²) < 4.78 is 13.6. The molecule has 0 radical (unpaired) electrons. The minimum absolute atomic E-state index is 0.194. The maximum Gasteiger partial charge on any atom is 0.127 e. The highest BCUT2D eigenvalue weighted by molar-refractivity contribution is 6.18. The van der Waals surface area contributed by atoms with Gasteiger partial charge in [0.1, 0.15) is 5.82 Å². The molecule has 0 aromatic heterocycles. The third kappa shape index (κ3) is 3.34. The summed E-state index contributed by atoms with van der Waals surface area (Å²) in [5.74, 6) is 0.228. The van der Waals surface area contributed by atoms with Gasteiger partial charge in [0, 0.05) is 18.0 Å². The van der Waals surface area contributed by atoms with Crippen LogP contribution in [-0.4, -0.2) is 5.88 Å². The average molecular weight is 278 g/mol. The van der Waals surface area contributed by atoms with Crippen molar-refractivity contribution in [1.82, 2.24) is 5.32 Å². The van der Waals surface area contributed by atoms with E-state index < -0.39 is 0 Å². The molecule has 0 amide bonds. The number of alkyl halides is 1. The van der Waals surface area contributed by atoms with Crippen LogP contribution in [0.1, 0.15) is 18.1 Å².